The minimum absolute atomic E-state index is 0.406. The fourth-order valence-corrected chi connectivity index (χ4v) is 2.17. The van der Waals surface area contributed by atoms with E-state index in [0.717, 1.165) is 38.2 Å². The second kappa shape index (κ2) is 6.19. The van der Waals surface area contributed by atoms with Gasteiger partial charge in [0.25, 0.3) is 0 Å². The molecule has 0 aromatic carbocycles. The Kier molecular flexibility index (Phi) is 4.59. The van der Waals surface area contributed by atoms with Crippen LogP contribution in [0.4, 0.5) is 0 Å². The van der Waals surface area contributed by atoms with Crippen molar-refractivity contribution in [2.45, 2.75) is 32.1 Å². The first-order chi connectivity index (χ1) is 8.29. The summed E-state index contributed by atoms with van der Waals surface area (Å²) in [5, 5.41) is 3.10. The summed E-state index contributed by atoms with van der Waals surface area (Å²) < 4.78 is 11.4. The van der Waals surface area contributed by atoms with Crippen molar-refractivity contribution in [3.05, 3.63) is 23.7 Å². The topological polar surface area (TPSA) is 37.6 Å². The third kappa shape index (κ3) is 3.56. The van der Waals surface area contributed by atoms with Crippen molar-refractivity contribution >= 4 is 0 Å². The molecule has 1 N–H and O–H groups in total. The number of nitrogens with zero attached hydrogens (tertiary/aromatic N) is 1. The second-order valence-electron chi connectivity index (χ2n) is 4.71. The molecule has 1 aliphatic heterocycles. The van der Waals surface area contributed by atoms with Crippen LogP contribution in [0.15, 0.2) is 16.7 Å². The number of piperidine rings is 1. The molecule has 1 saturated heterocycles. The summed E-state index contributed by atoms with van der Waals surface area (Å²) in [6, 6.07) is 2.00. The first-order valence-electron chi connectivity index (χ1n) is 6.29. The summed E-state index contributed by atoms with van der Waals surface area (Å²) in [4.78, 5) is 2.35. The van der Waals surface area contributed by atoms with E-state index in [0.29, 0.717) is 12.7 Å². The normalized spacial score (nSPS) is 18.7. The van der Waals surface area contributed by atoms with Gasteiger partial charge in [0, 0.05) is 18.7 Å². The third-order valence-corrected chi connectivity index (χ3v) is 3.32. The highest BCUT2D eigenvalue weighted by Gasteiger charge is 2.17. The van der Waals surface area contributed by atoms with E-state index in [2.05, 4.69) is 17.3 Å². The van der Waals surface area contributed by atoms with Crippen molar-refractivity contribution in [1.82, 2.24) is 10.2 Å². The fraction of sp³-hybridized carbons (Fsp3) is 0.692. The molecule has 1 aliphatic rings. The lowest BCUT2D eigenvalue weighted by atomic mass is 10.1. The van der Waals surface area contributed by atoms with Gasteiger partial charge in [0.05, 0.1) is 25.5 Å². The molecule has 0 bridgehead atoms. The van der Waals surface area contributed by atoms with Gasteiger partial charge in [-0.2, -0.15) is 0 Å². The second-order valence-corrected chi connectivity index (χ2v) is 4.71. The maximum absolute atomic E-state index is 5.95. The van der Waals surface area contributed by atoms with Crippen molar-refractivity contribution in [2.24, 2.45) is 0 Å². The van der Waals surface area contributed by atoms with E-state index in [1.807, 2.05) is 13.1 Å². The van der Waals surface area contributed by atoms with Crippen molar-refractivity contribution in [3.8, 4) is 0 Å². The molecule has 0 aliphatic carbocycles. The number of ether oxygens (including phenoxy) is 1. The molecule has 0 atom stereocenters. The van der Waals surface area contributed by atoms with Crippen molar-refractivity contribution in [1.29, 1.82) is 0 Å². The highest BCUT2D eigenvalue weighted by atomic mass is 16.5. The SMILES string of the molecule is CNCc1occc1COC1CCN(C)CC1. The molecule has 0 saturated carbocycles. The Hall–Kier alpha value is -0.840. The Morgan fingerprint density at radius 2 is 2.24 bits per heavy atom. The zero-order chi connectivity index (χ0) is 12.1. The summed E-state index contributed by atoms with van der Waals surface area (Å²) in [5.41, 5.74) is 1.17. The molecular weight excluding hydrogens is 216 g/mol. The molecule has 1 aromatic rings. The van der Waals surface area contributed by atoms with Crippen molar-refractivity contribution in [2.75, 3.05) is 27.2 Å². The van der Waals surface area contributed by atoms with Gasteiger partial charge in [-0.3, -0.25) is 0 Å². The van der Waals surface area contributed by atoms with Gasteiger partial charge >= 0.3 is 0 Å². The predicted octanol–water partition coefficient (Wildman–Crippen LogP) is 1.61. The van der Waals surface area contributed by atoms with Crippen LogP contribution < -0.4 is 5.32 Å². The standard InChI is InChI=1S/C13H22N2O2/c1-14-9-13-11(5-8-16-13)10-17-12-3-6-15(2)7-4-12/h5,8,12,14H,3-4,6-7,9-10H2,1-2H3. The lowest BCUT2D eigenvalue weighted by molar-refractivity contribution is 0.00158. The largest absolute Gasteiger partial charge is 0.468 e. The number of hydrogen-bond acceptors (Lipinski definition) is 4. The molecule has 0 radical (unpaired) electrons. The molecule has 17 heavy (non-hydrogen) atoms. The van der Waals surface area contributed by atoms with Crippen molar-refractivity contribution < 1.29 is 9.15 Å². The molecular formula is C13H22N2O2. The van der Waals surface area contributed by atoms with Crippen LogP contribution in [0.3, 0.4) is 0 Å². The van der Waals surface area contributed by atoms with E-state index in [4.69, 9.17) is 9.15 Å². The number of rotatable bonds is 5. The average Bonchev–Trinajstić information content (AvgIpc) is 2.77. The summed E-state index contributed by atoms with van der Waals surface area (Å²) in [7, 11) is 4.08. The Morgan fingerprint density at radius 3 is 2.94 bits per heavy atom. The molecule has 96 valence electrons. The Morgan fingerprint density at radius 1 is 1.47 bits per heavy atom. The van der Waals surface area contributed by atoms with Gasteiger partial charge in [-0.25, -0.2) is 0 Å². The quantitative estimate of drug-likeness (QED) is 0.845. The minimum Gasteiger partial charge on any atom is -0.468 e. The summed E-state index contributed by atoms with van der Waals surface area (Å²) >= 11 is 0. The molecule has 4 nitrogen and oxygen atoms in total. The molecule has 0 spiro atoms. The van der Waals surface area contributed by atoms with E-state index in [1.165, 1.54) is 5.56 Å². The van der Waals surface area contributed by atoms with Crippen LogP contribution in [0.1, 0.15) is 24.2 Å². The summed E-state index contributed by atoms with van der Waals surface area (Å²) in [5.74, 6) is 0.987. The first kappa shape index (κ1) is 12.6. The van der Waals surface area contributed by atoms with Gasteiger partial charge in [-0.15, -0.1) is 0 Å². The smallest absolute Gasteiger partial charge is 0.123 e. The predicted molar refractivity (Wildman–Crippen MR) is 66.8 cm³/mol. The van der Waals surface area contributed by atoms with E-state index < -0.39 is 0 Å². The molecule has 0 unspecified atom stereocenters. The lowest BCUT2D eigenvalue weighted by Crippen LogP contribution is -2.34. The third-order valence-electron chi connectivity index (χ3n) is 3.32. The minimum atomic E-state index is 0.406. The number of hydrogen-bond donors (Lipinski definition) is 1. The number of furan rings is 1. The van der Waals surface area contributed by atoms with Gasteiger partial charge < -0.3 is 19.4 Å². The van der Waals surface area contributed by atoms with Gasteiger partial charge in [0.15, 0.2) is 0 Å². The van der Waals surface area contributed by atoms with Crippen molar-refractivity contribution in [3.63, 3.8) is 0 Å². The van der Waals surface area contributed by atoms with E-state index in [9.17, 15) is 0 Å². The van der Waals surface area contributed by atoms with Crippen LogP contribution in [0.2, 0.25) is 0 Å². The number of nitrogens with one attached hydrogen (secondary N) is 1. The zero-order valence-corrected chi connectivity index (χ0v) is 10.7. The average molecular weight is 238 g/mol. The first-order valence-corrected chi connectivity index (χ1v) is 6.29. The maximum atomic E-state index is 5.95. The van der Waals surface area contributed by atoms with E-state index >= 15 is 0 Å². The summed E-state index contributed by atoms with van der Waals surface area (Å²) in [6.07, 6.45) is 4.41. The molecule has 1 fully saturated rings. The molecule has 1 aromatic heterocycles. The Bertz CT molecular complexity index is 330. The zero-order valence-electron chi connectivity index (χ0n) is 10.7. The van der Waals surface area contributed by atoms with Gasteiger partial charge in [0.2, 0.25) is 0 Å². The Labute approximate surface area is 103 Å². The molecule has 2 rings (SSSR count). The van der Waals surface area contributed by atoms with Crippen LogP contribution in [0.5, 0.6) is 0 Å². The summed E-state index contributed by atoms with van der Waals surface area (Å²) in [6.45, 7) is 3.71. The van der Waals surface area contributed by atoms with E-state index in [-0.39, 0.29) is 0 Å². The molecule has 4 heteroatoms. The maximum Gasteiger partial charge on any atom is 0.123 e. The lowest BCUT2D eigenvalue weighted by Gasteiger charge is -2.28. The van der Waals surface area contributed by atoms with Crippen LogP contribution in [-0.4, -0.2) is 38.2 Å². The van der Waals surface area contributed by atoms with Crippen LogP contribution in [0, 0.1) is 0 Å². The van der Waals surface area contributed by atoms with Gasteiger partial charge in [-0.1, -0.05) is 0 Å². The monoisotopic (exact) mass is 238 g/mol. The Balaban J connectivity index is 1.79. The fourth-order valence-electron chi connectivity index (χ4n) is 2.17. The van der Waals surface area contributed by atoms with Gasteiger partial charge in [-0.05, 0) is 33.0 Å². The number of likely N-dealkylation sites (tertiary alicyclic amines) is 1. The molecule has 2 heterocycles. The highest BCUT2D eigenvalue weighted by molar-refractivity contribution is 5.15. The van der Waals surface area contributed by atoms with Crippen LogP contribution >= 0.6 is 0 Å². The van der Waals surface area contributed by atoms with Gasteiger partial charge in [0.1, 0.15) is 5.76 Å². The van der Waals surface area contributed by atoms with Crippen LogP contribution in [-0.2, 0) is 17.9 Å². The van der Waals surface area contributed by atoms with Crippen LogP contribution in [0.25, 0.3) is 0 Å². The molecule has 0 amide bonds. The van der Waals surface area contributed by atoms with E-state index in [1.54, 1.807) is 6.26 Å². The highest BCUT2D eigenvalue weighted by Crippen LogP contribution is 2.17.